The number of benzene rings is 1. The van der Waals surface area contributed by atoms with Gasteiger partial charge in [-0.1, -0.05) is 17.7 Å². The van der Waals surface area contributed by atoms with E-state index >= 15 is 0 Å². The van der Waals surface area contributed by atoms with Crippen LogP contribution in [0.4, 0.5) is 0 Å². The second-order valence-electron chi connectivity index (χ2n) is 2.31. The third-order valence-corrected chi connectivity index (χ3v) is 1.92. The number of aromatic nitrogens is 1. The molecule has 0 aliphatic carbocycles. The minimum atomic E-state index is 0. The van der Waals surface area contributed by atoms with Crippen molar-refractivity contribution in [2.75, 3.05) is 0 Å². The summed E-state index contributed by atoms with van der Waals surface area (Å²) in [6, 6.07) is 9.56. The maximum absolute atomic E-state index is 5.92. The minimum absolute atomic E-state index is 0. The van der Waals surface area contributed by atoms with Crippen molar-refractivity contribution in [3.05, 3.63) is 41.6 Å². The van der Waals surface area contributed by atoms with E-state index in [4.69, 9.17) is 11.6 Å². The van der Waals surface area contributed by atoms with Crippen molar-refractivity contribution in [1.29, 1.82) is 0 Å². The average molecular weight is 206 g/mol. The smallest absolute Gasteiger partial charge is 1.00 e. The maximum atomic E-state index is 5.92. The van der Waals surface area contributed by atoms with Crippen LogP contribution in [0.15, 0.2) is 36.5 Å². The molecule has 0 radical (unpaired) electrons. The summed E-state index contributed by atoms with van der Waals surface area (Å²) in [6.45, 7) is 0. The fourth-order valence-electron chi connectivity index (χ4n) is 1.07. The van der Waals surface area contributed by atoms with Crippen LogP contribution in [0.3, 0.4) is 0 Å². The SMILES string of the molecule is Clc1cccc2ncccc12.[Ca+2].[H-].[H-]. The molecule has 0 aliphatic heterocycles. The first kappa shape index (κ1) is 10.3. The van der Waals surface area contributed by atoms with Crippen LogP contribution >= 0.6 is 11.6 Å². The van der Waals surface area contributed by atoms with Crippen LogP contribution in [-0.4, -0.2) is 42.7 Å². The van der Waals surface area contributed by atoms with Gasteiger partial charge in [0.2, 0.25) is 0 Å². The maximum Gasteiger partial charge on any atom is 2.00 e. The Morgan fingerprint density at radius 1 is 1.17 bits per heavy atom. The molecule has 1 nitrogen and oxygen atoms in total. The van der Waals surface area contributed by atoms with Crippen LogP contribution in [0, 0.1) is 0 Å². The molecular formula is C9H8CaClN. The second-order valence-corrected chi connectivity index (χ2v) is 2.72. The third-order valence-electron chi connectivity index (χ3n) is 1.59. The number of halogens is 1. The van der Waals surface area contributed by atoms with E-state index in [2.05, 4.69) is 4.98 Å². The van der Waals surface area contributed by atoms with Crippen LogP contribution in [-0.2, 0) is 0 Å². The molecule has 0 atom stereocenters. The average Bonchev–Trinajstić information content (AvgIpc) is 2.06. The summed E-state index contributed by atoms with van der Waals surface area (Å²) >= 11 is 5.92. The zero-order valence-corrected chi connectivity index (χ0v) is 9.46. The summed E-state index contributed by atoms with van der Waals surface area (Å²) < 4.78 is 0. The van der Waals surface area contributed by atoms with E-state index in [1.807, 2.05) is 30.3 Å². The van der Waals surface area contributed by atoms with E-state index in [1.165, 1.54) is 0 Å². The Hall–Kier alpha value is 0.180. The van der Waals surface area contributed by atoms with Gasteiger partial charge in [0.05, 0.1) is 5.52 Å². The number of nitrogens with zero attached hydrogens (tertiary/aromatic N) is 1. The molecule has 3 heteroatoms. The van der Waals surface area contributed by atoms with Gasteiger partial charge >= 0.3 is 37.7 Å². The molecule has 0 bridgehead atoms. The van der Waals surface area contributed by atoms with Crippen molar-refractivity contribution in [3.8, 4) is 0 Å². The monoisotopic (exact) mass is 205 g/mol. The summed E-state index contributed by atoms with van der Waals surface area (Å²) in [5, 5.41) is 1.77. The summed E-state index contributed by atoms with van der Waals surface area (Å²) in [4.78, 5) is 4.16. The van der Waals surface area contributed by atoms with E-state index in [0.717, 1.165) is 15.9 Å². The Kier molecular flexibility index (Phi) is 3.78. The molecule has 0 saturated carbocycles. The van der Waals surface area contributed by atoms with Crippen LogP contribution in [0.2, 0.25) is 5.02 Å². The largest absolute Gasteiger partial charge is 2.00 e. The van der Waals surface area contributed by atoms with E-state index in [-0.39, 0.29) is 40.6 Å². The Balaban J connectivity index is 0. The fourth-order valence-corrected chi connectivity index (χ4v) is 1.30. The molecule has 0 spiro atoms. The summed E-state index contributed by atoms with van der Waals surface area (Å²) in [6.07, 6.45) is 1.76. The first-order valence-corrected chi connectivity index (χ1v) is 3.75. The molecule has 0 aliphatic rings. The molecule has 0 N–H and O–H groups in total. The molecule has 1 aromatic carbocycles. The van der Waals surface area contributed by atoms with Crippen molar-refractivity contribution in [3.63, 3.8) is 0 Å². The minimum Gasteiger partial charge on any atom is -1.00 e. The van der Waals surface area contributed by atoms with Gasteiger partial charge < -0.3 is 2.85 Å². The van der Waals surface area contributed by atoms with Gasteiger partial charge in [0.1, 0.15) is 0 Å². The topological polar surface area (TPSA) is 12.9 Å². The number of hydrogen-bond acceptors (Lipinski definition) is 1. The Bertz CT molecular complexity index is 392. The number of pyridine rings is 1. The predicted octanol–water partition coefficient (Wildman–Crippen LogP) is 2.73. The zero-order valence-electron chi connectivity index (χ0n) is 8.50. The second kappa shape index (κ2) is 4.43. The molecule has 2 rings (SSSR count). The summed E-state index contributed by atoms with van der Waals surface area (Å²) in [5.41, 5.74) is 0.944. The molecule has 0 saturated heterocycles. The molecule has 0 unspecified atom stereocenters. The normalized spacial score (nSPS) is 9.42. The Morgan fingerprint density at radius 2 is 2.00 bits per heavy atom. The zero-order chi connectivity index (χ0) is 7.68. The molecule has 1 aromatic heterocycles. The van der Waals surface area contributed by atoms with E-state index < -0.39 is 0 Å². The van der Waals surface area contributed by atoms with Gasteiger partial charge in [0, 0.05) is 16.6 Å². The van der Waals surface area contributed by atoms with Gasteiger partial charge in [-0.25, -0.2) is 0 Å². The summed E-state index contributed by atoms with van der Waals surface area (Å²) in [5.74, 6) is 0. The predicted molar refractivity (Wildman–Crippen MR) is 54.7 cm³/mol. The molecular weight excluding hydrogens is 198 g/mol. The molecule has 12 heavy (non-hydrogen) atoms. The number of fused-ring (bicyclic) bond motifs is 1. The van der Waals surface area contributed by atoms with Crippen LogP contribution in [0.25, 0.3) is 10.9 Å². The number of hydrogen-bond donors (Lipinski definition) is 0. The number of rotatable bonds is 0. The van der Waals surface area contributed by atoms with E-state index in [1.54, 1.807) is 6.20 Å². The molecule has 2 aromatic rings. The molecule has 0 amide bonds. The first-order valence-electron chi connectivity index (χ1n) is 3.37. The van der Waals surface area contributed by atoms with Crippen molar-refractivity contribution < 1.29 is 2.85 Å². The van der Waals surface area contributed by atoms with Crippen LogP contribution in [0.5, 0.6) is 0 Å². The third kappa shape index (κ3) is 1.91. The van der Waals surface area contributed by atoms with Gasteiger partial charge in [0.25, 0.3) is 0 Å². The molecule has 1 heterocycles. The van der Waals surface area contributed by atoms with Gasteiger partial charge in [-0.3, -0.25) is 4.98 Å². The van der Waals surface area contributed by atoms with Crippen molar-refractivity contribution in [2.24, 2.45) is 0 Å². The van der Waals surface area contributed by atoms with Crippen LogP contribution < -0.4 is 0 Å². The first-order chi connectivity index (χ1) is 5.38. The molecule has 58 valence electrons. The van der Waals surface area contributed by atoms with E-state index in [0.29, 0.717) is 0 Å². The van der Waals surface area contributed by atoms with E-state index in [9.17, 15) is 0 Å². The van der Waals surface area contributed by atoms with Crippen molar-refractivity contribution >= 4 is 60.2 Å². The van der Waals surface area contributed by atoms with Crippen LogP contribution in [0.1, 0.15) is 2.85 Å². The van der Waals surface area contributed by atoms with Gasteiger partial charge in [-0.2, -0.15) is 0 Å². The van der Waals surface area contributed by atoms with Gasteiger partial charge in [-0.05, 0) is 24.3 Å². The summed E-state index contributed by atoms with van der Waals surface area (Å²) in [7, 11) is 0. The Morgan fingerprint density at radius 3 is 2.75 bits per heavy atom. The standard InChI is InChI=1S/C9H6ClN.Ca.2H/c10-8-4-1-5-9-7(8)3-2-6-11-9;;;/h1-6H;;;/q;+2;2*-1. The molecule has 0 fully saturated rings. The van der Waals surface area contributed by atoms with Gasteiger partial charge in [0.15, 0.2) is 0 Å². The van der Waals surface area contributed by atoms with Crippen molar-refractivity contribution in [2.45, 2.75) is 0 Å². The van der Waals surface area contributed by atoms with Crippen molar-refractivity contribution in [1.82, 2.24) is 4.98 Å². The quantitative estimate of drug-likeness (QED) is 0.603. The fraction of sp³-hybridized carbons (Fsp3) is 0. The van der Waals surface area contributed by atoms with Gasteiger partial charge in [-0.15, -0.1) is 0 Å². The Labute approximate surface area is 109 Å².